The Morgan fingerprint density at radius 2 is 2.05 bits per heavy atom. The van der Waals surface area contributed by atoms with Gasteiger partial charge in [0.15, 0.2) is 9.84 Å². The molecule has 0 radical (unpaired) electrons. The van der Waals surface area contributed by atoms with Gasteiger partial charge >= 0.3 is 0 Å². The summed E-state index contributed by atoms with van der Waals surface area (Å²) in [6.07, 6.45) is 0.971. The lowest BCUT2D eigenvalue weighted by molar-refractivity contribution is -0.117. The zero-order chi connectivity index (χ0) is 16.3. The van der Waals surface area contributed by atoms with Crippen LogP contribution in [-0.4, -0.2) is 31.9 Å². The van der Waals surface area contributed by atoms with Crippen LogP contribution in [0.25, 0.3) is 0 Å². The standard InChI is InChI=1S/C14H17FN2O3S/c1-14(2,21(3,19)20)13(18)17-11-7-6-10(5-4-8-16)12(15)9-11/h6-7,9H,8,16H2,1-3H3,(H,17,18). The molecule has 0 unspecified atom stereocenters. The number of hydrogen-bond donors (Lipinski definition) is 2. The van der Waals surface area contributed by atoms with E-state index in [0.717, 1.165) is 12.3 Å². The van der Waals surface area contributed by atoms with E-state index in [4.69, 9.17) is 5.73 Å². The van der Waals surface area contributed by atoms with E-state index in [0.29, 0.717) is 0 Å². The molecule has 0 atom stereocenters. The lowest BCUT2D eigenvalue weighted by Crippen LogP contribution is -2.43. The third kappa shape index (κ3) is 4.03. The molecule has 0 saturated carbocycles. The van der Waals surface area contributed by atoms with E-state index >= 15 is 0 Å². The largest absolute Gasteiger partial charge is 0.325 e. The van der Waals surface area contributed by atoms with E-state index in [-0.39, 0.29) is 17.8 Å². The number of nitrogens with two attached hydrogens (primary N) is 1. The van der Waals surface area contributed by atoms with Gasteiger partial charge in [-0.1, -0.05) is 11.8 Å². The van der Waals surface area contributed by atoms with Gasteiger partial charge in [0.2, 0.25) is 5.91 Å². The van der Waals surface area contributed by atoms with Crippen LogP contribution in [0.2, 0.25) is 0 Å². The Bertz CT molecular complexity index is 715. The van der Waals surface area contributed by atoms with Crippen LogP contribution in [0, 0.1) is 17.7 Å². The second kappa shape index (κ2) is 6.24. The number of rotatable bonds is 3. The monoisotopic (exact) mass is 312 g/mol. The molecule has 114 valence electrons. The minimum Gasteiger partial charge on any atom is -0.325 e. The van der Waals surface area contributed by atoms with Gasteiger partial charge in [-0.25, -0.2) is 12.8 Å². The zero-order valence-corrected chi connectivity index (χ0v) is 12.8. The molecule has 0 aliphatic heterocycles. The molecule has 0 aromatic heterocycles. The predicted octanol–water partition coefficient (Wildman–Crippen LogP) is 0.898. The van der Waals surface area contributed by atoms with Crippen LogP contribution in [0.15, 0.2) is 18.2 Å². The summed E-state index contributed by atoms with van der Waals surface area (Å²) in [6, 6.07) is 3.91. The van der Waals surface area contributed by atoms with Gasteiger partial charge in [-0.05, 0) is 32.0 Å². The molecule has 5 nitrogen and oxygen atoms in total. The van der Waals surface area contributed by atoms with E-state index in [2.05, 4.69) is 17.2 Å². The number of nitrogens with one attached hydrogen (secondary N) is 1. The third-order valence-corrected chi connectivity index (χ3v) is 5.07. The minimum absolute atomic E-state index is 0.112. The van der Waals surface area contributed by atoms with Gasteiger partial charge in [-0.2, -0.15) is 0 Å². The van der Waals surface area contributed by atoms with Crippen molar-refractivity contribution in [1.82, 2.24) is 0 Å². The van der Waals surface area contributed by atoms with Gasteiger partial charge in [0.25, 0.3) is 0 Å². The van der Waals surface area contributed by atoms with Gasteiger partial charge in [0.05, 0.1) is 12.1 Å². The fourth-order valence-electron chi connectivity index (χ4n) is 1.29. The van der Waals surface area contributed by atoms with Crippen LogP contribution in [-0.2, 0) is 14.6 Å². The summed E-state index contributed by atoms with van der Waals surface area (Å²) in [5.74, 6) is 3.72. The van der Waals surface area contributed by atoms with E-state index < -0.39 is 26.3 Å². The molecule has 0 fully saturated rings. The van der Waals surface area contributed by atoms with Gasteiger partial charge < -0.3 is 11.1 Å². The topological polar surface area (TPSA) is 89.3 Å². The fourth-order valence-corrected chi connectivity index (χ4v) is 1.68. The molecule has 7 heteroatoms. The summed E-state index contributed by atoms with van der Waals surface area (Å²) < 4.78 is 35.2. The Morgan fingerprint density at radius 3 is 2.52 bits per heavy atom. The minimum atomic E-state index is -3.59. The average Bonchev–Trinajstić information content (AvgIpc) is 2.36. The SMILES string of the molecule is CC(C)(C(=O)Nc1ccc(C#CCN)c(F)c1)S(C)(=O)=O. The molecule has 0 aliphatic carbocycles. The van der Waals surface area contributed by atoms with Crippen molar-refractivity contribution >= 4 is 21.4 Å². The molecule has 1 amide bonds. The van der Waals surface area contributed by atoms with E-state index in [1.165, 1.54) is 26.0 Å². The van der Waals surface area contributed by atoms with Gasteiger partial charge in [0.1, 0.15) is 10.6 Å². The van der Waals surface area contributed by atoms with Crippen LogP contribution in [0.3, 0.4) is 0 Å². The summed E-state index contributed by atoms with van der Waals surface area (Å²) >= 11 is 0. The molecule has 1 aromatic carbocycles. The normalized spacial score (nSPS) is 11.5. The first kappa shape index (κ1) is 17.1. The Hall–Kier alpha value is -1.91. The first-order valence-electron chi connectivity index (χ1n) is 6.09. The number of carbonyl (C=O) groups excluding carboxylic acids is 1. The summed E-state index contributed by atoms with van der Waals surface area (Å²) in [6.45, 7) is 2.69. The molecular weight excluding hydrogens is 295 g/mol. The number of carbonyl (C=O) groups is 1. The predicted molar refractivity (Wildman–Crippen MR) is 79.9 cm³/mol. The second-order valence-corrected chi connectivity index (χ2v) is 7.50. The smallest absolute Gasteiger partial charge is 0.245 e. The molecule has 0 bridgehead atoms. The Balaban J connectivity index is 3.00. The van der Waals surface area contributed by atoms with E-state index in [1.54, 1.807) is 0 Å². The number of amides is 1. The fraction of sp³-hybridized carbons (Fsp3) is 0.357. The first-order chi connectivity index (χ1) is 9.59. The van der Waals surface area contributed by atoms with Crippen LogP contribution >= 0.6 is 0 Å². The molecule has 0 saturated heterocycles. The maximum atomic E-state index is 13.7. The molecule has 21 heavy (non-hydrogen) atoms. The maximum absolute atomic E-state index is 13.7. The second-order valence-electron chi connectivity index (χ2n) is 4.94. The van der Waals surface area contributed by atoms with E-state index in [1.807, 2.05) is 0 Å². The highest BCUT2D eigenvalue weighted by molar-refractivity contribution is 7.92. The van der Waals surface area contributed by atoms with E-state index in [9.17, 15) is 17.6 Å². The molecule has 0 aliphatic rings. The van der Waals surface area contributed by atoms with Crippen molar-refractivity contribution in [2.75, 3.05) is 18.1 Å². The maximum Gasteiger partial charge on any atom is 0.245 e. The number of halogens is 1. The third-order valence-electron chi connectivity index (χ3n) is 3.03. The van der Waals surface area contributed by atoms with Crippen LogP contribution in [0.1, 0.15) is 19.4 Å². The summed E-state index contributed by atoms with van der Waals surface area (Å²) in [4.78, 5) is 12.0. The number of anilines is 1. The lowest BCUT2D eigenvalue weighted by Gasteiger charge is -2.21. The first-order valence-corrected chi connectivity index (χ1v) is 7.98. The Labute approximate surface area is 123 Å². The van der Waals surface area contributed by atoms with Gasteiger partial charge in [0, 0.05) is 11.9 Å². The molecular formula is C14H17FN2O3S. The molecule has 1 rings (SSSR count). The number of benzene rings is 1. The van der Waals surface area contributed by atoms with Crippen molar-refractivity contribution in [2.24, 2.45) is 5.73 Å². The summed E-state index contributed by atoms with van der Waals surface area (Å²) in [5.41, 5.74) is 5.51. The van der Waals surface area contributed by atoms with Crippen molar-refractivity contribution in [2.45, 2.75) is 18.6 Å². The quantitative estimate of drug-likeness (QED) is 0.812. The molecule has 3 N–H and O–H groups in total. The van der Waals surface area contributed by atoms with Gasteiger partial charge in [-0.3, -0.25) is 4.79 Å². The molecule has 1 aromatic rings. The number of hydrogen-bond acceptors (Lipinski definition) is 4. The van der Waals surface area contributed by atoms with Crippen molar-refractivity contribution in [3.8, 4) is 11.8 Å². The highest BCUT2D eigenvalue weighted by Crippen LogP contribution is 2.20. The van der Waals surface area contributed by atoms with Crippen molar-refractivity contribution in [3.05, 3.63) is 29.6 Å². The lowest BCUT2D eigenvalue weighted by atomic mass is 10.1. The van der Waals surface area contributed by atoms with Crippen molar-refractivity contribution < 1.29 is 17.6 Å². The average molecular weight is 312 g/mol. The van der Waals surface area contributed by atoms with Crippen LogP contribution < -0.4 is 11.1 Å². The highest BCUT2D eigenvalue weighted by atomic mass is 32.2. The van der Waals surface area contributed by atoms with Crippen molar-refractivity contribution in [1.29, 1.82) is 0 Å². The van der Waals surface area contributed by atoms with Crippen LogP contribution in [0.4, 0.5) is 10.1 Å². The van der Waals surface area contributed by atoms with Crippen LogP contribution in [0.5, 0.6) is 0 Å². The van der Waals surface area contributed by atoms with Gasteiger partial charge in [-0.15, -0.1) is 0 Å². The highest BCUT2D eigenvalue weighted by Gasteiger charge is 2.38. The Kier molecular flexibility index (Phi) is 5.10. The molecule has 0 spiro atoms. The zero-order valence-electron chi connectivity index (χ0n) is 12.0. The molecule has 0 heterocycles. The van der Waals surface area contributed by atoms with Crippen molar-refractivity contribution in [3.63, 3.8) is 0 Å². The Morgan fingerprint density at radius 1 is 1.43 bits per heavy atom. The number of sulfone groups is 1. The summed E-state index contributed by atoms with van der Waals surface area (Å²) in [7, 11) is -3.59. The summed E-state index contributed by atoms with van der Waals surface area (Å²) in [5, 5.41) is 2.38.